The van der Waals surface area contributed by atoms with Gasteiger partial charge in [0.15, 0.2) is 5.96 Å². The highest BCUT2D eigenvalue weighted by Gasteiger charge is 2.10. The van der Waals surface area contributed by atoms with Crippen LogP contribution >= 0.6 is 0 Å². The largest absolute Gasteiger partial charge is 0.489 e. The quantitative estimate of drug-likeness (QED) is 0.296. The first-order valence-corrected chi connectivity index (χ1v) is 11.0. The summed E-state index contributed by atoms with van der Waals surface area (Å²) in [6, 6.07) is 17.1. The molecule has 0 aromatic heterocycles. The van der Waals surface area contributed by atoms with Crippen molar-refractivity contribution in [2.24, 2.45) is 4.99 Å². The van der Waals surface area contributed by atoms with Crippen LogP contribution in [0.3, 0.4) is 0 Å². The first-order chi connectivity index (χ1) is 14.0. The Morgan fingerprint density at radius 2 is 1.79 bits per heavy atom. The molecule has 0 radical (unpaired) electrons. The van der Waals surface area contributed by atoms with Gasteiger partial charge in [-0.25, -0.2) is 13.1 Å². The van der Waals surface area contributed by atoms with E-state index in [1.54, 1.807) is 13.1 Å². The van der Waals surface area contributed by atoms with E-state index in [1.807, 2.05) is 54.6 Å². The second-order valence-corrected chi connectivity index (χ2v) is 8.11. The number of nitrogens with zero attached hydrogens (tertiary/aromatic N) is 1. The molecule has 7 nitrogen and oxygen atoms in total. The molecule has 0 amide bonds. The van der Waals surface area contributed by atoms with Crippen molar-refractivity contribution in [3.05, 3.63) is 78.4 Å². The Kier molecular flexibility index (Phi) is 9.20. The molecular weight excluding hydrogens is 388 g/mol. The molecule has 0 bridgehead atoms. The van der Waals surface area contributed by atoms with Crippen LogP contribution < -0.4 is 20.1 Å². The molecule has 156 valence electrons. The molecule has 0 spiro atoms. The number of nitrogens with one attached hydrogen (secondary N) is 3. The summed E-state index contributed by atoms with van der Waals surface area (Å²) in [4.78, 5) is 4.13. The third kappa shape index (κ3) is 8.37. The van der Waals surface area contributed by atoms with E-state index in [9.17, 15) is 8.42 Å². The summed E-state index contributed by atoms with van der Waals surface area (Å²) in [5.74, 6) is 1.23. The zero-order chi connectivity index (χ0) is 21.0. The Morgan fingerprint density at radius 3 is 2.52 bits per heavy atom. The van der Waals surface area contributed by atoms with Crippen molar-refractivity contribution in [1.29, 1.82) is 0 Å². The maximum atomic E-state index is 12.2. The molecule has 0 saturated carbocycles. The van der Waals surface area contributed by atoms with E-state index >= 15 is 0 Å². The number of sulfonamides is 1. The van der Waals surface area contributed by atoms with E-state index in [4.69, 9.17) is 4.74 Å². The van der Waals surface area contributed by atoms with Gasteiger partial charge < -0.3 is 15.4 Å². The first kappa shape index (κ1) is 22.4. The van der Waals surface area contributed by atoms with Crippen molar-refractivity contribution in [2.45, 2.75) is 13.1 Å². The third-order valence-corrected chi connectivity index (χ3v) is 5.33. The van der Waals surface area contributed by atoms with Crippen LogP contribution in [-0.2, 0) is 23.1 Å². The maximum absolute atomic E-state index is 12.2. The van der Waals surface area contributed by atoms with Crippen molar-refractivity contribution in [3.63, 3.8) is 0 Å². The minimum Gasteiger partial charge on any atom is -0.489 e. The van der Waals surface area contributed by atoms with Gasteiger partial charge in [-0.1, -0.05) is 61.2 Å². The average Bonchev–Trinajstić information content (AvgIpc) is 2.74. The molecule has 2 rings (SSSR count). The number of para-hydroxylation sites is 1. The van der Waals surface area contributed by atoms with Crippen molar-refractivity contribution in [3.8, 4) is 5.75 Å². The summed E-state index contributed by atoms with van der Waals surface area (Å²) in [6.07, 6.45) is 1.69. The summed E-state index contributed by atoms with van der Waals surface area (Å²) >= 11 is 0. The van der Waals surface area contributed by atoms with Gasteiger partial charge in [0.25, 0.3) is 0 Å². The van der Waals surface area contributed by atoms with Gasteiger partial charge in [0, 0.05) is 32.2 Å². The number of hydrogen-bond donors (Lipinski definition) is 3. The van der Waals surface area contributed by atoms with Gasteiger partial charge in [-0.2, -0.15) is 0 Å². The van der Waals surface area contributed by atoms with Gasteiger partial charge in [0.1, 0.15) is 12.4 Å². The van der Waals surface area contributed by atoms with Crippen molar-refractivity contribution >= 4 is 16.0 Å². The number of hydrogen-bond acceptors (Lipinski definition) is 4. The fraction of sp³-hybridized carbons (Fsp3) is 0.286. The van der Waals surface area contributed by atoms with E-state index in [2.05, 4.69) is 26.9 Å². The van der Waals surface area contributed by atoms with Crippen LogP contribution in [0.4, 0.5) is 0 Å². The molecule has 0 aliphatic carbocycles. The molecule has 2 aromatic carbocycles. The van der Waals surface area contributed by atoms with Crippen molar-refractivity contribution in [2.75, 3.05) is 26.0 Å². The van der Waals surface area contributed by atoms with Gasteiger partial charge in [-0.05, 0) is 11.6 Å². The predicted octanol–water partition coefficient (Wildman–Crippen LogP) is 2.04. The van der Waals surface area contributed by atoms with E-state index in [0.29, 0.717) is 19.1 Å². The fourth-order valence-electron chi connectivity index (χ4n) is 2.50. The lowest BCUT2D eigenvalue weighted by Crippen LogP contribution is -2.40. The number of benzene rings is 2. The molecular formula is C21H28N4O3S. The second-order valence-electron chi connectivity index (χ2n) is 6.19. The zero-order valence-corrected chi connectivity index (χ0v) is 17.4. The topological polar surface area (TPSA) is 91.8 Å². The number of aliphatic imine (C=N–C) groups is 1. The third-order valence-electron chi connectivity index (χ3n) is 4.00. The molecule has 0 unspecified atom stereocenters. The molecule has 0 fully saturated rings. The van der Waals surface area contributed by atoms with Crippen LogP contribution in [-0.4, -0.2) is 40.3 Å². The molecule has 0 saturated heterocycles. The van der Waals surface area contributed by atoms with Crippen molar-refractivity contribution < 1.29 is 13.2 Å². The summed E-state index contributed by atoms with van der Waals surface area (Å²) < 4.78 is 32.6. The molecule has 0 aliphatic rings. The standard InChI is InChI=1S/C21H28N4O3S/c1-3-14-28-20-12-8-7-11-19(20)17-24-21(22-2)23-13-15-29(26,27)25-16-18-9-5-4-6-10-18/h3-12,25H,1,13-17H2,2H3,(H2,22,23,24). The Labute approximate surface area is 173 Å². The Morgan fingerprint density at radius 1 is 1.07 bits per heavy atom. The lowest BCUT2D eigenvalue weighted by atomic mass is 10.2. The van der Waals surface area contributed by atoms with Crippen LogP contribution in [0, 0.1) is 0 Å². The predicted molar refractivity (Wildman–Crippen MR) is 117 cm³/mol. The van der Waals surface area contributed by atoms with E-state index in [-0.39, 0.29) is 18.8 Å². The molecule has 29 heavy (non-hydrogen) atoms. The SMILES string of the molecule is C=CCOc1ccccc1CNC(=NC)NCCS(=O)(=O)NCc1ccccc1. The number of guanidine groups is 1. The normalized spacial score (nSPS) is 11.7. The van der Waals surface area contributed by atoms with Gasteiger partial charge in [-0.15, -0.1) is 0 Å². The summed E-state index contributed by atoms with van der Waals surface area (Å²) in [6.45, 7) is 5.08. The second kappa shape index (κ2) is 11.9. The molecule has 0 aliphatic heterocycles. The highest BCUT2D eigenvalue weighted by Crippen LogP contribution is 2.17. The lowest BCUT2D eigenvalue weighted by Gasteiger charge is -2.14. The molecule has 0 heterocycles. The average molecular weight is 417 g/mol. The minimum absolute atomic E-state index is 0.0560. The summed E-state index contributed by atoms with van der Waals surface area (Å²) in [5, 5.41) is 6.18. The van der Waals surface area contributed by atoms with Crippen molar-refractivity contribution in [1.82, 2.24) is 15.4 Å². The van der Waals surface area contributed by atoms with Crippen LogP contribution in [0.15, 0.2) is 72.2 Å². The van der Waals surface area contributed by atoms with Crippen LogP contribution in [0.25, 0.3) is 0 Å². The molecule has 3 N–H and O–H groups in total. The Hall–Kier alpha value is -2.84. The summed E-state index contributed by atoms with van der Waals surface area (Å²) in [7, 11) is -1.76. The summed E-state index contributed by atoms with van der Waals surface area (Å²) in [5.41, 5.74) is 1.88. The fourth-order valence-corrected chi connectivity index (χ4v) is 3.41. The monoisotopic (exact) mass is 416 g/mol. The van der Waals surface area contributed by atoms with Gasteiger partial charge in [-0.3, -0.25) is 4.99 Å². The van der Waals surface area contributed by atoms with Gasteiger partial charge >= 0.3 is 0 Å². The van der Waals surface area contributed by atoms with Gasteiger partial charge in [0.05, 0.1) is 5.75 Å². The molecule has 0 atom stereocenters. The number of ether oxygens (including phenoxy) is 1. The maximum Gasteiger partial charge on any atom is 0.213 e. The lowest BCUT2D eigenvalue weighted by molar-refractivity contribution is 0.358. The Bertz CT molecular complexity index is 899. The van der Waals surface area contributed by atoms with Crippen LogP contribution in [0.1, 0.15) is 11.1 Å². The molecule has 8 heteroatoms. The highest BCUT2D eigenvalue weighted by atomic mass is 32.2. The Balaban J connectivity index is 1.78. The van der Waals surface area contributed by atoms with Crippen LogP contribution in [0.5, 0.6) is 5.75 Å². The minimum atomic E-state index is -3.39. The smallest absolute Gasteiger partial charge is 0.213 e. The number of rotatable bonds is 11. The van der Waals surface area contributed by atoms with Crippen LogP contribution in [0.2, 0.25) is 0 Å². The van der Waals surface area contributed by atoms with E-state index in [0.717, 1.165) is 16.9 Å². The first-order valence-electron chi connectivity index (χ1n) is 9.31. The van der Waals surface area contributed by atoms with Gasteiger partial charge in [0.2, 0.25) is 10.0 Å². The molecule has 2 aromatic rings. The zero-order valence-electron chi connectivity index (χ0n) is 16.6. The van der Waals surface area contributed by atoms with E-state index < -0.39 is 10.0 Å². The van der Waals surface area contributed by atoms with E-state index in [1.165, 1.54) is 0 Å². The highest BCUT2D eigenvalue weighted by molar-refractivity contribution is 7.89.